The van der Waals surface area contributed by atoms with Gasteiger partial charge in [-0.25, -0.2) is 0 Å². The summed E-state index contributed by atoms with van der Waals surface area (Å²) in [5.74, 6) is 0. The number of nitrogens with zero attached hydrogens (tertiary/aromatic N) is 1. The van der Waals surface area contributed by atoms with Crippen LogP contribution in [0.2, 0.25) is 0 Å². The van der Waals surface area contributed by atoms with E-state index in [-0.39, 0.29) is 5.41 Å². The molecule has 1 rings (SSSR count). The molecule has 1 heterocycles. The van der Waals surface area contributed by atoms with E-state index < -0.39 is 9.93 Å². The van der Waals surface area contributed by atoms with Gasteiger partial charge in [0.25, 0.3) is 0 Å². The lowest BCUT2D eigenvalue weighted by molar-refractivity contribution is 0.337. The van der Waals surface area contributed by atoms with E-state index in [1.807, 2.05) is 12.5 Å². The maximum Gasteiger partial charge on any atom is 0.0312 e. The van der Waals surface area contributed by atoms with E-state index >= 15 is 0 Å². The van der Waals surface area contributed by atoms with E-state index in [2.05, 4.69) is 25.8 Å². The van der Waals surface area contributed by atoms with Crippen LogP contribution in [-0.4, -0.2) is 47.0 Å². The third kappa shape index (κ3) is 1.88. The highest BCUT2D eigenvalue weighted by Gasteiger charge is 2.41. The fourth-order valence-corrected chi connectivity index (χ4v) is 4.88. The van der Waals surface area contributed by atoms with E-state index in [1.165, 1.54) is 0 Å². The van der Waals surface area contributed by atoms with Crippen molar-refractivity contribution < 1.29 is 4.21 Å². The van der Waals surface area contributed by atoms with Crippen molar-refractivity contribution in [3.63, 3.8) is 0 Å². The van der Waals surface area contributed by atoms with Crippen molar-refractivity contribution in [3.05, 3.63) is 0 Å². The normalized spacial score (nSPS) is 32.2. The Hall–Kier alpha value is 0.110. The van der Waals surface area contributed by atoms with Gasteiger partial charge in [0.05, 0.1) is 0 Å². The summed E-state index contributed by atoms with van der Waals surface area (Å²) < 4.78 is 12.0. The molecule has 0 aliphatic carbocycles. The van der Waals surface area contributed by atoms with Crippen LogP contribution >= 0.6 is 0 Å². The quantitative estimate of drug-likeness (QED) is 0.613. The fraction of sp³-hybridized carbons (Fsp3) is 1.00. The van der Waals surface area contributed by atoms with Crippen molar-refractivity contribution in [2.45, 2.75) is 19.1 Å². The van der Waals surface area contributed by atoms with Crippen LogP contribution in [0, 0.1) is 5.41 Å². The average molecular weight is 191 g/mol. The maximum atomic E-state index is 12.0. The molecule has 1 aliphatic rings. The Kier molecular flexibility index (Phi) is 2.39. The first kappa shape index (κ1) is 10.2. The lowest BCUT2D eigenvalue weighted by atomic mass is 9.92. The van der Waals surface area contributed by atoms with Crippen molar-refractivity contribution in [2.75, 3.05) is 32.6 Å². The summed E-state index contributed by atoms with van der Waals surface area (Å²) in [6.45, 7) is 6.52. The number of thiol groups is 1. The van der Waals surface area contributed by atoms with Gasteiger partial charge in [-0.1, -0.05) is 13.8 Å². The highest BCUT2D eigenvalue weighted by Crippen LogP contribution is 2.34. The highest BCUT2D eigenvalue weighted by atomic mass is 32.2. The third-order valence-corrected chi connectivity index (χ3v) is 5.18. The fourth-order valence-electron chi connectivity index (χ4n) is 2.45. The van der Waals surface area contributed by atoms with Crippen LogP contribution < -0.4 is 0 Å². The van der Waals surface area contributed by atoms with Gasteiger partial charge in [0.2, 0.25) is 0 Å². The molecule has 1 aliphatic heterocycles. The zero-order valence-corrected chi connectivity index (χ0v) is 9.69. The second kappa shape index (κ2) is 2.81. The van der Waals surface area contributed by atoms with E-state index in [9.17, 15) is 4.21 Å². The largest absolute Gasteiger partial charge is 0.305 e. The first-order chi connectivity index (χ1) is 5.23. The van der Waals surface area contributed by atoms with Crippen LogP contribution in [0.4, 0.5) is 0 Å². The molecule has 0 radical (unpaired) electrons. The van der Waals surface area contributed by atoms with Crippen LogP contribution in [0.5, 0.6) is 0 Å². The molecule has 1 atom stereocenters. The topological polar surface area (TPSA) is 20.3 Å². The minimum atomic E-state index is -1.91. The molecule has 12 heavy (non-hydrogen) atoms. The molecule has 0 amide bonds. The van der Waals surface area contributed by atoms with Gasteiger partial charge in [0.1, 0.15) is 0 Å². The molecule has 0 aromatic rings. The minimum absolute atomic E-state index is 0.230. The van der Waals surface area contributed by atoms with Crippen LogP contribution in [0.25, 0.3) is 0 Å². The number of hydrogen-bond acceptors (Lipinski definition) is 2. The lowest BCUT2D eigenvalue weighted by Crippen LogP contribution is -2.38. The number of likely N-dealkylation sites (tertiary alicyclic amines) is 1. The Balaban J connectivity index is 2.86. The summed E-state index contributed by atoms with van der Waals surface area (Å²) in [7, 11) is 0.195. The predicted octanol–water partition coefficient (Wildman–Crippen LogP) is 0.603. The standard InChI is InChI=1S/C9H21NOS/c1-9(2)7-10(3)6-8(9)12(4,5)11/h8,12H,6-7H2,1-5H3. The summed E-state index contributed by atoms with van der Waals surface area (Å²) in [6, 6.07) is 0. The molecule has 0 saturated carbocycles. The Morgan fingerprint density at radius 3 is 2.08 bits per heavy atom. The molecule has 1 saturated heterocycles. The van der Waals surface area contributed by atoms with E-state index in [4.69, 9.17) is 0 Å². The molecule has 0 bridgehead atoms. The molecule has 3 heteroatoms. The molecule has 2 nitrogen and oxygen atoms in total. The summed E-state index contributed by atoms with van der Waals surface area (Å²) in [4.78, 5) is 2.28. The van der Waals surface area contributed by atoms with Gasteiger partial charge in [0, 0.05) is 18.3 Å². The third-order valence-electron chi connectivity index (χ3n) is 2.81. The molecule has 1 fully saturated rings. The van der Waals surface area contributed by atoms with Gasteiger partial charge >= 0.3 is 0 Å². The van der Waals surface area contributed by atoms with Crippen LogP contribution in [0.3, 0.4) is 0 Å². The van der Waals surface area contributed by atoms with E-state index in [0.29, 0.717) is 5.25 Å². The Labute approximate surface area is 76.8 Å². The molecule has 0 aromatic carbocycles. The second-order valence-corrected chi connectivity index (χ2v) is 8.63. The molecule has 0 aromatic heterocycles. The van der Waals surface area contributed by atoms with Crippen molar-refractivity contribution in [2.24, 2.45) is 5.41 Å². The van der Waals surface area contributed by atoms with Crippen molar-refractivity contribution in [1.82, 2.24) is 4.90 Å². The predicted molar refractivity (Wildman–Crippen MR) is 56.5 cm³/mol. The molecule has 0 spiro atoms. The molecular formula is C9H21NOS. The number of rotatable bonds is 1. The van der Waals surface area contributed by atoms with Crippen LogP contribution in [-0.2, 0) is 9.93 Å². The molecule has 0 N–H and O–H groups in total. The van der Waals surface area contributed by atoms with Gasteiger partial charge in [-0.3, -0.25) is 4.21 Å². The summed E-state index contributed by atoms with van der Waals surface area (Å²) in [6.07, 6.45) is 3.83. The highest BCUT2D eigenvalue weighted by molar-refractivity contribution is 8.02. The van der Waals surface area contributed by atoms with Gasteiger partial charge in [-0.2, -0.15) is 0 Å². The summed E-state index contributed by atoms with van der Waals surface area (Å²) >= 11 is 0. The Morgan fingerprint density at radius 1 is 1.42 bits per heavy atom. The molecule has 1 unspecified atom stereocenters. The van der Waals surface area contributed by atoms with Crippen molar-refractivity contribution in [1.29, 1.82) is 0 Å². The zero-order valence-electron chi connectivity index (χ0n) is 8.79. The Bertz CT molecular complexity index is 219. The summed E-state index contributed by atoms with van der Waals surface area (Å²) in [5.41, 5.74) is 0.230. The maximum absolute atomic E-state index is 12.0. The SMILES string of the molecule is CN1CC([SH](C)(C)=O)C(C)(C)C1. The zero-order chi connectivity index (χ0) is 9.57. The summed E-state index contributed by atoms with van der Waals surface area (Å²) in [5, 5.41) is 0.384. The van der Waals surface area contributed by atoms with Crippen molar-refractivity contribution in [3.8, 4) is 0 Å². The van der Waals surface area contributed by atoms with Gasteiger partial charge in [-0.15, -0.1) is 9.93 Å². The molecular weight excluding hydrogens is 170 g/mol. The smallest absolute Gasteiger partial charge is 0.0312 e. The minimum Gasteiger partial charge on any atom is -0.305 e. The number of hydrogen-bond donors (Lipinski definition) is 1. The van der Waals surface area contributed by atoms with Gasteiger partial charge < -0.3 is 4.90 Å². The first-order valence-electron chi connectivity index (χ1n) is 4.47. The molecule has 74 valence electrons. The lowest BCUT2D eigenvalue weighted by Gasteiger charge is -2.32. The van der Waals surface area contributed by atoms with Gasteiger partial charge in [0.15, 0.2) is 0 Å². The Morgan fingerprint density at radius 2 is 1.92 bits per heavy atom. The van der Waals surface area contributed by atoms with Crippen molar-refractivity contribution >= 4 is 9.93 Å². The van der Waals surface area contributed by atoms with Crippen LogP contribution in [0.1, 0.15) is 13.8 Å². The van der Waals surface area contributed by atoms with E-state index in [1.54, 1.807) is 0 Å². The van der Waals surface area contributed by atoms with E-state index in [0.717, 1.165) is 13.1 Å². The van der Waals surface area contributed by atoms with Crippen LogP contribution in [0.15, 0.2) is 0 Å². The monoisotopic (exact) mass is 191 g/mol. The second-order valence-electron chi connectivity index (χ2n) is 5.14. The average Bonchev–Trinajstić information content (AvgIpc) is 2.02. The van der Waals surface area contributed by atoms with Gasteiger partial charge in [-0.05, 0) is 25.0 Å². The first-order valence-corrected chi connectivity index (χ1v) is 7.14.